The molecule has 1 spiro atoms. The summed E-state index contributed by atoms with van der Waals surface area (Å²) in [6.45, 7) is 4.39. The lowest BCUT2D eigenvalue weighted by molar-refractivity contribution is -0.130. The Kier molecular flexibility index (Phi) is 3.24. The van der Waals surface area contributed by atoms with Gasteiger partial charge in [0.1, 0.15) is 5.54 Å². The van der Waals surface area contributed by atoms with Crippen LogP contribution in [0.1, 0.15) is 23.1 Å². The minimum absolute atomic E-state index is 0.0617. The zero-order valence-electron chi connectivity index (χ0n) is 11.7. The zero-order valence-corrected chi connectivity index (χ0v) is 12.5. The van der Waals surface area contributed by atoms with Crippen molar-refractivity contribution in [1.82, 2.24) is 10.2 Å². The number of hydrogen-bond donors (Lipinski definition) is 1. The Balaban J connectivity index is 1.86. The molecule has 5 heteroatoms. The number of aryl methyl sites for hydroxylation is 2. The summed E-state index contributed by atoms with van der Waals surface area (Å²) in [5.74, 6) is 1.57. The van der Waals surface area contributed by atoms with Crippen LogP contribution in [0, 0.1) is 13.8 Å². The molecule has 2 fully saturated rings. The summed E-state index contributed by atoms with van der Waals surface area (Å²) in [6.07, 6.45) is 0.742. The van der Waals surface area contributed by atoms with Crippen LogP contribution in [-0.2, 0) is 11.3 Å². The van der Waals surface area contributed by atoms with E-state index >= 15 is 0 Å². The minimum Gasteiger partial charge on any atom is -0.322 e. The van der Waals surface area contributed by atoms with Gasteiger partial charge in [0.2, 0.25) is 0 Å². The lowest BCUT2D eigenvalue weighted by Crippen LogP contribution is -2.46. The first-order chi connectivity index (χ1) is 9.52. The molecule has 0 bridgehead atoms. The number of imide groups is 1. The van der Waals surface area contributed by atoms with Crippen LogP contribution >= 0.6 is 11.8 Å². The molecule has 0 aliphatic carbocycles. The molecule has 106 valence electrons. The maximum atomic E-state index is 12.6. The van der Waals surface area contributed by atoms with E-state index < -0.39 is 5.54 Å². The van der Waals surface area contributed by atoms with Gasteiger partial charge < -0.3 is 5.32 Å². The van der Waals surface area contributed by atoms with Crippen LogP contribution in [0.25, 0.3) is 0 Å². The molecular formula is C15H18N2O2S. The van der Waals surface area contributed by atoms with E-state index in [1.807, 2.05) is 32.0 Å². The van der Waals surface area contributed by atoms with Crippen LogP contribution in [0.4, 0.5) is 4.79 Å². The number of benzene rings is 1. The minimum atomic E-state index is -0.639. The van der Waals surface area contributed by atoms with Gasteiger partial charge in [-0.1, -0.05) is 23.8 Å². The Morgan fingerprint density at radius 2 is 2.15 bits per heavy atom. The highest BCUT2D eigenvalue weighted by atomic mass is 32.2. The molecule has 0 radical (unpaired) electrons. The van der Waals surface area contributed by atoms with Crippen molar-refractivity contribution in [2.75, 3.05) is 11.5 Å². The van der Waals surface area contributed by atoms with E-state index in [9.17, 15) is 9.59 Å². The Bertz CT molecular complexity index is 579. The van der Waals surface area contributed by atoms with Crippen molar-refractivity contribution in [1.29, 1.82) is 0 Å². The molecule has 3 rings (SSSR count). The molecule has 2 aliphatic heterocycles. The average molecular weight is 290 g/mol. The van der Waals surface area contributed by atoms with Crippen molar-refractivity contribution >= 4 is 23.7 Å². The second-order valence-electron chi connectivity index (χ2n) is 5.64. The molecule has 4 nitrogen and oxygen atoms in total. The van der Waals surface area contributed by atoms with E-state index in [1.165, 1.54) is 4.90 Å². The van der Waals surface area contributed by atoms with E-state index in [0.29, 0.717) is 12.3 Å². The quantitative estimate of drug-likeness (QED) is 0.850. The second-order valence-corrected chi connectivity index (χ2v) is 6.74. The number of nitrogens with zero attached hydrogens (tertiary/aromatic N) is 1. The summed E-state index contributed by atoms with van der Waals surface area (Å²) in [5, 5.41) is 2.90. The van der Waals surface area contributed by atoms with Crippen LogP contribution in [-0.4, -0.2) is 33.9 Å². The smallest absolute Gasteiger partial charge is 0.322 e. The number of thioether (sulfide) groups is 1. The van der Waals surface area contributed by atoms with E-state index in [2.05, 4.69) is 5.32 Å². The third-order valence-electron chi connectivity index (χ3n) is 4.10. The van der Waals surface area contributed by atoms with E-state index in [0.717, 1.165) is 28.9 Å². The number of carbonyl (C=O) groups is 2. The number of carbonyl (C=O) groups excluding carboxylic acids is 2. The van der Waals surface area contributed by atoms with Crippen LogP contribution < -0.4 is 5.32 Å². The Hall–Kier alpha value is -1.49. The molecule has 1 N–H and O–H groups in total. The third-order valence-corrected chi connectivity index (χ3v) is 5.29. The molecule has 2 saturated heterocycles. The van der Waals surface area contributed by atoms with Gasteiger partial charge in [-0.25, -0.2) is 4.79 Å². The summed E-state index contributed by atoms with van der Waals surface area (Å²) in [4.78, 5) is 26.1. The van der Waals surface area contributed by atoms with Gasteiger partial charge in [0.05, 0.1) is 6.54 Å². The predicted molar refractivity (Wildman–Crippen MR) is 79.7 cm³/mol. The molecule has 20 heavy (non-hydrogen) atoms. The average Bonchev–Trinajstić information content (AvgIpc) is 2.96. The molecular weight excluding hydrogens is 272 g/mol. The highest BCUT2D eigenvalue weighted by Gasteiger charge is 2.52. The molecule has 0 aromatic heterocycles. The summed E-state index contributed by atoms with van der Waals surface area (Å²) in [5.41, 5.74) is 2.65. The molecule has 2 aliphatic rings. The number of amides is 3. The van der Waals surface area contributed by atoms with Crippen LogP contribution in [0.2, 0.25) is 0 Å². The summed E-state index contributed by atoms with van der Waals surface area (Å²) in [6, 6.07) is 5.87. The molecule has 3 amide bonds. The highest BCUT2D eigenvalue weighted by Crippen LogP contribution is 2.34. The predicted octanol–water partition coefficient (Wildman–Crippen LogP) is 2.23. The maximum Gasteiger partial charge on any atom is 0.325 e. The van der Waals surface area contributed by atoms with Gasteiger partial charge in [0, 0.05) is 5.75 Å². The fraction of sp³-hybridized carbons (Fsp3) is 0.467. The van der Waals surface area contributed by atoms with Gasteiger partial charge >= 0.3 is 6.03 Å². The first-order valence-electron chi connectivity index (χ1n) is 6.80. The molecule has 1 atom stereocenters. The fourth-order valence-electron chi connectivity index (χ4n) is 2.79. The summed E-state index contributed by atoms with van der Waals surface area (Å²) >= 11 is 1.73. The van der Waals surface area contributed by atoms with Gasteiger partial charge in [-0.15, -0.1) is 0 Å². The third kappa shape index (κ3) is 2.10. The van der Waals surface area contributed by atoms with Crippen molar-refractivity contribution in [2.45, 2.75) is 32.4 Å². The largest absolute Gasteiger partial charge is 0.325 e. The van der Waals surface area contributed by atoms with E-state index in [4.69, 9.17) is 0 Å². The van der Waals surface area contributed by atoms with Crippen molar-refractivity contribution in [3.05, 3.63) is 34.9 Å². The normalized spacial score (nSPS) is 25.6. The van der Waals surface area contributed by atoms with E-state index in [1.54, 1.807) is 11.8 Å². The summed E-state index contributed by atoms with van der Waals surface area (Å²) in [7, 11) is 0. The number of nitrogens with one attached hydrogen (secondary N) is 1. The molecule has 1 aromatic rings. The Morgan fingerprint density at radius 1 is 1.35 bits per heavy atom. The van der Waals surface area contributed by atoms with Gasteiger partial charge in [-0.3, -0.25) is 9.69 Å². The standard InChI is InChI=1S/C15H18N2O2S/c1-10-3-4-11(2)12(7-10)8-17-13(18)15(16-14(17)19)5-6-20-9-15/h3-4,7H,5-6,8-9H2,1-2H3,(H,16,19). The fourth-order valence-corrected chi connectivity index (χ4v) is 4.12. The van der Waals surface area contributed by atoms with Crippen molar-refractivity contribution in [3.8, 4) is 0 Å². The van der Waals surface area contributed by atoms with Gasteiger partial charge in [-0.05, 0) is 37.1 Å². The SMILES string of the molecule is Cc1ccc(C)c(CN2C(=O)NC3(CCSC3)C2=O)c1. The van der Waals surface area contributed by atoms with Gasteiger partial charge in [0.15, 0.2) is 0 Å². The first-order valence-corrected chi connectivity index (χ1v) is 7.95. The van der Waals surface area contributed by atoms with Crippen molar-refractivity contribution in [3.63, 3.8) is 0 Å². The lowest BCUT2D eigenvalue weighted by Gasteiger charge is -2.19. The molecule has 0 saturated carbocycles. The van der Waals surface area contributed by atoms with Crippen LogP contribution in [0.5, 0.6) is 0 Å². The van der Waals surface area contributed by atoms with Crippen molar-refractivity contribution < 1.29 is 9.59 Å². The summed E-state index contributed by atoms with van der Waals surface area (Å²) < 4.78 is 0. The highest BCUT2D eigenvalue weighted by molar-refractivity contribution is 7.99. The lowest BCUT2D eigenvalue weighted by atomic mass is 9.99. The zero-order chi connectivity index (χ0) is 14.3. The monoisotopic (exact) mass is 290 g/mol. The van der Waals surface area contributed by atoms with Crippen molar-refractivity contribution in [2.24, 2.45) is 0 Å². The Morgan fingerprint density at radius 3 is 2.85 bits per heavy atom. The molecule has 1 unspecified atom stereocenters. The topological polar surface area (TPSA) is 49.4 Å². The number of hydrogen-bond acceptors (Lipinski definition) is 3. The molecule has 1 aromatic carbocycles. The Labute approximate surface area is 122 Å². The van der Waals surface area contributed by atoms with E-state index in [-0.39, 0.29) is 11.9 Å². The van der Waals surface area contributed by atoms with Crippen LogP contribution in [0.15, 0.2) is 18.2 Å². The maximum absolute atomic E-state index is 12.6. The van der Waals surface area contributed by atoms with Gasteiger partial charge in [-0.2, -0.15) is 11.8 Å². The number of rotatable bonds is 2. The second kappa shape index (κ2) is 4.81. The van der Waals surface area contributed by atoms with Crippen LogP contribution in [0.3, 0.4) is 0 Å². The number of urea groups is 1. The van der Waals surface area contributed by atoms with Gasteiger partial charge in [0.25, 0.3) is 5.91 Å². The molecule has 2 heterocycles. The first kappa shape index (κ1) is 13.5.